The molecule has 24 heavy (non-hydrogen) atoms. The van der Waals surface area contributed by atoms with Crippen molar-refractivity contribution in [3.63, 3.8) is 0 Å². The largest absolute Gasteiger partial charge is 0.245 e. The number of benzene rings is 2. The zero-order chi connectivity index (χ0) is 16.6. The Morgan fingerprint density at radius 3 is 2.62 bits per heavy atom. The van der Waals surface area contributed by atoms with Gasteiger partial charge in [-0.3, -0.25) is 0 Å². The lowest BCUT2D eigenvalue weighted by atomic mass is 9.98. The summed E-state index contributed by atoms with van der Waals surface area (Å²) in [5.74, 6) is 0.462. The average Bonchev–Trinajstić information content (AvgIpc) is 3.24. The maximum absolute atomic E-state index is 12.8. The number of rotatable bonds is 4. The maximum atomic E-state index is 12.8. The molecule has 0 aliphatic heterocycles. The summed E-state index contributed by atoms with van der Waals surface area (Å²) in [6.45, 7) is 0. The lowest BCUT2D eigenvalue weighted by Gasteiger charge is -2.10. The van der Waals surface area contributed by atoms with Crippen LogP contribution in [0.5, 0.6) is 0 Å². The molecular weight excluding hydrogens is 318 g/mol. The van der Waals surface area contributed by atoms with Crippen molar-refractivity contribution in [1.29, 1.82) is 0 Å². The minimum Gasteiger partial charge on any atom is -0.245 e. The van der Waals surface area contributed by atoms with Gasteiger partial charge in [0.05, 0.1) is 11.3 Å². The van der Waals surface area contributed by atoms with E-state index in [0.29, 0.717) is 5.92 Å². The zero-order valence-electron chi connectivity index (χ0n) is 13.3. The van der Waals surface area contributed by atoms with Crippen LogP contribution in [-0.2, 0) is 15.8 Å². The highest BCUT2D eigenvalue weighted by molar-refractivity contribution is 7.89. The van der Waals surface area contributed by atoms with E-state index >= 15 is 0 Å². The van der Waals surface area contributed by atoms with Gasteiger partial charge in [0.1, 0.15) is 0 Å². The van der Waals surface area contributed by atoms with E-state index < -0.39 is 10.0 Å². The highest BCUT2D eigenvalue weighted by atomic mass is 32.2. The molecule has 0 bridgehead atoms. The van der Waals surface area contributed by atoms with E-state index in [1.54, 1.807) is 6.20 Å². The standard InChI is InChI=1S/C20H19NO2S/c22-24(23,15-16-6-2-1-3-7-16)21-13-12-19-14-18(10-11-20(19)21)17-8-4-5-9-17/h1-4,6-8,10-14,17H,5,9,15H2/t17-/m1/s1. The second-order valence-corrected chi connectivity index (χ2v) is 8.13. The van der Waals surface area contributed by atoms with Gasteiger partial charge < -0.3 is 0 Å². The molecular formula is C20H19NO2S. The molecule has 1 aliphatic carbocycles. The number of nitrogens with zero attached hydrogens (tertiary/aromatic N) is 1. The van der Waals surface area contributed by atoms with E-state index in [1.165, 1.54) is 9.54 Å². The first-order chi connectivity index (χ1) is 11.6. The third kappa shape index (κ3) is 2.78. The molecule has 0 N–H and O–H groups in total. The second kappa shape index (κ2) is 5.95. The first kappa shape index (κ1) is 15.2. The third-order valence-electron chi connectivity index (χ3n) is 4.61. The SMILES string of the molecule is O=S(=O)(Cc1ccccc1)n1ccc2cc([C@@H]3C=CCC3)ccc21. The molecule has 0 saturated heterocycles. The van der Waals surface area contributed by atoms with Crippen molar-refractivity contribution in [1.82, 2.24) is 3.97 Å². The Morgan fingerprint density at radius 1 is 1.04 bits per heavy atom. The summed E-state index contributed by atoms with van der Waals surface area (Å²) in [5.41, 5.74) is 2.80. The Balaban J connectivity index is 1.70. The highest BCUT2D eigenvalue weighted by Crippen LogP contribution is 2.31. The molecule has 0 unspecified atom stereocenters. The van der Waals surface area contributed by atoms with Gasteiger partial charge >= 0.3 is 0 Å². The van der Waals surface area contributed by atoms with Crippen LogP contribution in [0.25, 0.3) is 10.9 Å². The van der Waals surface area contributed by atoms with Crippen LogP contribution in [0.2, 0.25) is 0 Å². The van der Waals surface area contributed by atoms with Gasteiger partial charge in [-0.2, -0.15) is 0 Å². The van der Waals surface area contributed by atoms with Crippen molar-refractivity contribution in [3.8, 4) is 0 Å². The molecule has 1 aromatic heterocycles. The molecule has 122 valence electrons. The van der Waals surface area contributed by atoms with Crippen molar-refractivity contribution in [3.05, 3.63) is 84.1 Å². The number of fused-ring (bicyclic) bond motifs is 1. The van der Waals surface area contributed by atoms with Gasteiger partial charge in [-0.05, 0) is 42.2 Å². The van der Waals surface area contributed by atoms with Gasteiger partial charge in [0.2, 0.25) is 10.0 Å². The van der Waals surface area contributed by atoms with Crippen LogP contribution in [-0.4, -0.2) is 12.4 Å². The van der Waals surface area contributed by atoms with Gasteiger partial charge in [-0.25, -0.2) is 12.4 Å². The summed E-state index contributed by atoms with van der Waals surface area (Å²) in [6, 6.07) is 17.3. The minimum atomic E-state index is -3.43. The van der Waals surface area contributed by atoms with Crippen molar-refractivity contribution in [2.24, 2.45) is 0 Å². The van der Waals surface area contributed by atoms with E-state index in [1.807, 2.05) is 42.5 Å². The number of hydrogen-bond acceptors (Lipinski definition) is 2. The summed E-state index contributed by atoms with van der Waals surface area (Å²) in [7, 11) is -3.43. The molecule has 3 nitrogen and oxygen atoms in total. The Bertz CT molecular complexity index is 1000. The summed E-state index contributed by atoms with van der Waals surface area (Å²) < 4.78 is 26.9. The number of aromatic nitrogens is 1. The normalized spacial score (nSPS) is 17.6. The zero-order valence-corrected chi connectivity index (χ0v) is 14.1. The molecule has 0 amide bonds. The van der Waals surface area contributed by atoms with Gasteiger partial charge in [0.15, 0.2) is 0 Å². The minimum absolute atomic E-state index is 0.00470. The van der Waals surface area contributed by atoms with Crippen LogP contribution in [0.4, 0.5) is 0 Å². The van der Waals surface area contributed by atoms with Crippen molar-refractivity contribution in [2.45, 2.75) is 24.5 Å². The second-order valence-electron chi connectivity index (χ2n) is 6.28. The monoisotopic (exact) mass is 337 g/mol. The number of hydrogen-bond donors (Lipinski definition) is 0. The van der Waals surface area contributed by atoms with Crippen LogP contribution in [0.3, 0.4) is 0 Å². The van der Waals surface area contributed by atoms with E-state index in [0.717, 1.165) is 29.3 Å². The molecule has 3 aromatic rings. The van der Waals surface area contributed by atoms with Crippen LogP contribution in [0, 0.1) is 0 Å². The predicted molar refractivity (Wildman–Crippen MR) is 97.5 cm³/mol. The van der Waals surface area contributed by atoms with Crippen molar-refractivity contribution in [2.75, 3.05) is 0 Å². The Labute approximate surface area is 142 Å². The first-order valence-corrected chi connectivity index (χ1v) is 9.79. The molecule has 1 aliphatic rings. The third-order valence-corrected chi connectivity index (χ3v) is 6.23. The summed E-state index contributed by atoms with van der Waals surface area (Å²) >= 11 is 0. The van der Waals surface area contributed by atoms with Crippen LogP contribution in [0.15, 0.2) is 72.9 Å². The lowest BCUT2D eigenvalue weighted by Crippen LogP contribution is -2.13. The molecule has 0 saturated carbocycles. The summed E-state index contributed by atoms with van der Waals surface area (Å²) in [6.07, 6.45) is 8.37. The van der Waals surface area contributed by atoms with Crippen LogP contribution in [0.1, 0.15) is 29.9 Å². The van der Waals surface area contributed by atoms with E-state index in [9.17, 15) is 8.42 Å². The van der Waals surface area contributed by atoms with Gasteiger partial charge in [0, 0.05) is 17.5 Å². The summed E-state index contributed by atoms with van der Waals surface area (Å²) in [4.78, 5) is 0. The molecule has 0 spiro atoms. The van der Waals surface area contributed by atoms with Crippen molar-refractivity contribution >= 4 is 20.9 Å². The molecule has 0 fully saturated rings. The van der Waals surface area contributed by atoms with Crippen LogP contribution >= 0.6 is 0 Å². The Hall–Kier alpha value is -2.33. The lowest BCUT2D eigenvalue weighted by molar-refractivity contribution is 0.588. The Morgan fingerprint density at radius 2 is 1.88 bits per heavy atom. The van der Waals surface area contributed by atoms with Gasteiger partial charge in [0.25, 0.3) is 0 Å². The van der Waals surface area contributed by atoms with Crippen molar-refractivity contribution < 1.29 is 8.42 Å². The van der Waals surface area contributed by atoms with E-state index in [-0.39, 0.29) is 5.75 Å². The predicted octanol–water partition coefficient (Wildman–Crippen LogP) is 4.45. The quantitative estimate of drug-likeness (QED) is 0.660. The summed E-state index contributed by atoms with van der Waals surface area (Å²) in [5, 5.41) is 0.976. The molecule has 2 aromatic carbocycles. The molecule has 4 heteroatoms. The van der Waals surface area contributed by atoms with Gasteiger partial charge in [-0.1, -0.05) is 48.6 Å². The smallest absolute Gasteiger partial charge is 0.243 e. The molecule has 4 rings (SSSR count). The Kier molecular flexibility index (Phi) is 3.77. The maximum Gasteiger partial charge on any atom is 0.243 e. The molecule has 1 heterocycles. The topological polar surface area (TPSA) is 39.1 Å². The number of allylic oxidation sites excluding steroid dienone is 2. The average molecular weight is 337 g/mol. The van der Waals surface area contributed by atoms with E-state index in [2.05, 4.69) is 24.3 Å². The fraction of sp³-hybridized carbons (Fsp3) is 0.200. The molecule has 1 atom stereocenters. The fourth-order valence-corrected chi connectivity index (χ4v) is 4.84. The first-order valence-electron chi connectivity index (χ1n) is 8.18. The van der Waals surface area contributed by atoms with Crippen LogP contribution < -0.4 is 0 Å². The fourth-order valence-electron chi connectivity index (χ4n) is 3.37. The highest BCUT2D eigenvalue weighted by Gasteiger charge is 2.18. The molecule has 0 radical (unpaired) electrons. The van der Waals surface area contributed by atoms with E-state index in [4.69, 9.17) is 0 Å². The van der Waals surface area contributed by atoms with Gasteiger partial charge in [-0.15, -0.1) is 0 Å².